The number of oxazole rings is 1. The maximum absolute atomic E-state index is 5.69. The zero-order chi connectivity index (χ0) is 18.9. The monoisotopic (exact) mass is 377 g/mol. The third kappa shape index (κ3) is 3.62. The van der Waals surface area contributed by atoms with Gasteiger partial charge in [0.15, 0.2) is 0 Å². The molecular weight excluding hydrogens is 350 g/mol. The lowest BCUT2D eigenvalue weighted by Gasteiger charge is -2.26. The largest absolute Gasteiger partial charge is 0.444 e. The summed E-state index contributed by atoms with van der Waals surface area (Å²) in [5.74, 6) is 0.694. The molecule has 6 heteroatoms. The van der Waals surface area contributed by atoms with Gasteiger partial charge in [0, 0.05) is 37.8 Å². The summed E-state index contributed by atoms with van der Waals surface area (Å²) in [6.07, 6.45) is 4.41. The first-order valence-corrected chi connectivity index (χ1v) is 10.3. The molecule has 28 heavy (non-hydrogen) atoms. The second-order valence-corrected chi connectivity index (χ2v) is 8.03. The van der Waals surface area contributed by atoms with E-state index in [-0.39, 0.29) is 0 Å². The molecule has 2 aliphatic heterocycles. The molecule has 146 valence electrons. The number of nitrogens with zero attached hydrogens (tertiary/aromatic N) is 5. The number of aromatic nitrogens is 3. The lowest BCUT2D eigenvalue weighted by Crippen LogP contribution is -2.33. The molecule has 0 bridgehead atoms. The van der Waals surface area contributed by atoms with Crippen molar-refractivity contribution in [1.82, 2.24) is 24.6 Å². The predicted octanol–water partition coefficient (Wildman–Crippen LogP) is 3.54. The van der Waals surface area contributed by atoms with Crippen LogP contribution in [0.3, 0.4) is 0 Å². The van der Waals surface area contributed by atoms with Crippen molar-refractivity contribution >= 4 is 0 Å². The van der Waals surface area contributed by atoms with Gasteiger partial charge in [0.05, 0.1) is 23.6 Å². The van der Waals surface area contributed by atoms with Crippen LogP contribution in [-0.4, -0.2) is 43.7 Å². The normalized spacial score (nSPS) is 20.5. The minimum atomic E-state index is 0.682. The molecule has 0 aliphatic carbocycles. The smallest absolute Gasteiger partial charge is 0.226 e. The Morgan fingerprint density at radius 1 is 1.07 bits per heavy atom. The fraction of sp³-hybridized carbons (Fsp3) is 0.455. The zero-order valence-electron chi connectivity index (χ0n) is 16.4. The molecule has 1 fully saturated rings. The molecule has 0 radical (unpaired) electrons. The molecule has 2 aliphatic rings. The van der Waals surface area contributed by atoms with Crippen LogP contribution in [0.2, 0.25) is 0 Å². The first kappa shape index (κ1) is 17.6. The van der Waals surface area contributed by atoms with Gasteiger partial charge in [-0.1, -0.05) is 18.2 Å². The van der Waals surface area contributed by atoms with E-state index in [1.807, 2.05) is 30.3 Å². The summed E-state index contributed by atoms with van der Waals surface area (Å²) >= 11 is 0. The van der Waals surface area contributed by atoms with Gasteiger partial charge in [0.25, 0.3) is 0 Å². The highest BCUT2D eigenvalue weighted by Gasteiger charge is 2.24. The van der Waals surface area contributed by atoms with Gasteiger partial charge in [-0.05, 0) is 44.5 Å². The molecule has 4 heterocycles. The molecule has 0 spiro atoms. The van der Waals surface area contributed by atoms with Gasteiger partial charge in [-0.3, -0.25) is 14.5 Å². The Morgan fingerprint density at radius 2 is 1.96 bits per heavy atom. The minimum Gasteiger partial charge on any atom is -0.444 e. The van der Waals surface area contributed by atoms with E-state index in [1.54, 1.807) is 6.26 Å². The number of hydrogen-bond donors (Lipinski definition) is 0. The van der Waals surface area contributed by atoms with E-state index in [0.717, 1.165) is 44.0 Å². The van der Waals surface area contributed by atoms with Crippen LogP contribution < -0.4 is 0 Å². The summed E-state index contributed by atoms with van der Waals surface area (Å²) < 4.78 is 7.87. The highest BCUT2D eigenvalue weighted by molar-refractivity contribution is 5.52. The van der Waals surface area contributed by atoms with Crippen molar-refractivity contribution in [3.63, 3.8) is 0 Å². The highest BCUT2D eigenvalue weighted by atomic mass is 16.3. The Morgan fingerprint density at radius 3 is 2.79 bits per heavy atom. The SMILES string of the molecule is C[C@H]1CCCN1Cc1cc2n(n1)CCN(Cc1coc(-c3ccccc3)n1)C2. The minimum absolute atomic E-state index is 0.682. The fourth-order valence-corrected chi connectivity index (χ4v) is 4.35. The van der Waals surface area contributed by atoms with E-state index in [2.05, 4.69) is 32.5 Å². The molecular formula is C22H27N5O. The summed E-state index contributed by atoms with van der Waals surface area (Å²) in [6.45, 7) is 8.15. The molecule has 1 saturated heterocycles. The summed E-state index contributed by atoms with van der Waals surface area (Å²) in [7, 11) is 0. The van der Waals surface area contributed by atoms with Crippen molar-refractivity contribution in [1.29, 1.82) is 0 Å². The summed E-state index contributed by atoms with van der Waals surface area (Å²) in [5.41, 5.74) is 4.52. The first-order valence-electron chi connectivity index (χ1n) is 10.3. The summed E-state index contributed by atoms with van der Waals surface area (Å²) in [6, 6.07) is 13.0. The number of likely N-dealkylation sites (tertiary alicyclic amines) is 1. The van der Waals surface area contributed by atoms with Gasteiger partial charge in [-0.15, -0.1) is 0 Å². The maximum Gasteiger partial charge on any atom is 0.226 e. The van der Waals surface area contributed by atoms with Crippen LogP contribution in [0.5, 0.6) is 0 Å². The highest BCUT2D eigenvalue weighted by Crippen LogP contribution is 2.22. The predicted molar refractivity (Wildman–Crippen MR) is 107 cm³/mol. The molecule has 1 aromatic carbocycles. The number of rotatable bonds is 5. The Balaban J connectivity index is 1.23. The van der Waals surface area contributed by atoms with Gasteiger partial charge in [0.1, 0.15) is 6.26 Å². The number of benzene rings is 1. The molecule has 0 amide bonds. The molecule has 0 unspecified atom stereocenters. The van der Waals surface area contributed by atoms with Gasteiger partial charge in [0.2, 0.25) is 5.89 Å². The van der Waals surface area contributed by atoms with Crippen molar-refractivity contribution in [2.75, 3.05) is 13.1 Å². The summed E-state index contributed by atoms with van der Waals surface area (Å²) in [4.78, 5) is 9.65. The van der Waals surface area contributed by atoms with Crippen molar-refractivity contribution in [3.05, 3.63) is 59.7 Å². The molecule has 3 aromatic rings. The van der Waals surface area contributed by atoms with Crippen molar-refractivity contribution in [2.45, 2.75) is 52.0 Å². The van der Waals surface area contributed by atoms with Crippen molar-refractivity contribution in [3.8, 4) is 11.5 Å². The van der Waals surface area contributed by atoms with Crippen LogP contribution in [0.15, 0.2) is 47.1 Å². The van der Waals surface area contributed by atoms with Crippen LogP contribution >= 0.6 is 0 Å². The quantitative estimate of drug-likeness (QED) is 0.681. The third-order valence-electron chi connectivity index (χ3n) is 5.94. The Hall–Kier alpha value is -2.44. The third-order valence-corrected chi connectivity index (χ3v) is 5.94. The molecule has 0 N–H and O–H groups in total. The van der Waals surface area contributed by atoms with Gasteiger partial charge < -0.3 is 4.42 Å². The van der Waals surface area contributed by atoms with Crippen LogP contribution in [-0.2, 0) is 26.2 Å². The molecule has 6 nitrogen and oxygen atoms in total. The lowest BCUT2D eigenvalue weighted by atomic mass is 10.2. The van der Waals surface area contributed by atoms with E-state index < -0.39 is 0 Å². The topological polar surface area (TPSA) is 50.3 Å². The van der Waals surface area contributed by atoms with E-state index in [0.29, 0.717) is 11.9 Å². The standard InChI is InChI=1S/C22H27N5O/c1-17-6-5-9-26(17)14-19-12-21-15-25(10-11-27(21)24-19)13-20-16-28-22(23-20)18-7-3-2-4-8-18/h2-4,7-8,12,16-17H,5-6,9-11,13-15H2,1H3/t17-/m0/s1. The lowest BCUT2D eigenvalue weighted by molar-refractivity contribution is 0.202. The van der Waals surface area contributed by atoms with Crippen LogP contribution in [0.1, 0.15) is 36.8 Å². The summed E-state index contributed by atoms with van der Waals surface area (Å²) in [5, 5.41) is 4.85. The Labute approximate surface area is 165 Å². The zero-order valence-corrected chi connectivity index (χ0v) is 16.4. The van der Waals surface area contributed by atoms with Crippen molar-refractivity contribution < 1.29 is 4.42 Å². The molecule has 5 rings (SSSR count). The van der Waals surface area contributed by atoms with Crippen LogP contribution in [0.4, 0.5) is 0 Å². The van der Waals surface area contributed by atoms with Gasteiger partial charge >= 0.3 is 0 Å². The van der Waals surface area contributed by atoms with E-state index in [9.17, 15) is 0 Å². The molecule has 0 saturated carbocycles. The second kappa shape index (κ2) is 7.53. The van der Waals surface area contributed by atoms with Gasteiger partial charge in [-0.25, -0.2) is 4.98 Å². The van der Waals surface area contributed by atoms with Crippen LogP contribution in [0, 0.1) is 0 Å². The number of hydrogen-bond acceptors (Lipinski definition) is 5. The van der Waals surface area contributed by atoms with Crippen LogP contribution in [0.25, 0.3) is 11.5 Å². The number of fused-ring (bicyclic) bond motifs is 1. The average Bonchev–Trinajstić information content (AvgIpc) is 3.43. The van der Waals surface area contributed by atoms with E-state index in [1.165, 1.54) is 30.8 Å². The second-order valence-electron chi connectivity index (χ2n) is 8.03. The van der Waals surface area contributed by atoms with Crippen molar-refractivity contribution in [2.24, 2.45) is 0 Å². The molecule has 2 aromatic heterocycles. The average molecular weight is 377 g/mol. The fourth-order valence-electron chi connectivity index (χ4n) is 4.35. The maximum atomic E-state index is 5.69. The van der Waals surface area contributed by atoms with E-state index >= 15 is 0 Å². The van der Waals surface area contributed by atoms with E-state index in [4.69, 9.17) is 9.52 Å². The Bertz CT molecular complexity index is 932. The first-order chi connectivity index (χ1) is 13.7. The van der Waals surface area contributed by atoms with Gasteiger partial charge in [-0.2, -0.15) is 5.10 Å². The Kier molecular flexibility index (Phi) is 4.74. The molecule has 1 atom stereocenters.